The van der Waals surface area contributed by atoms with Crippen LogP contribution in [-0.2, 0) is 33.3 Å². The van der Waals surface area contributed by atoms with Gasteiger partial charge in [-0.05, 0) is 33.1 Å². The van der Waals surface area contributed by atoms with Crippen molar-refractivity contribution in [3.8, 4) is 0 Å². The summed E-state index contributed by atoms with van der Waals surface area (Å²) in [6.07, 6.45) is 1.81. The average Bonchev–Trinajstić information content (AvgIpc) is 3.24. The Balaban J connectivity index is 1.93. The molecule has 0 aromatic heterocycles. The number of aliphatic hydroxyl groups is 10. The molecule has 3 heterocycles. The summed E-state index contributed by atoms with van der Waals surface area (Å²) < 4.78 is 50.4. The maximum Gasteiger partial charge on any atom is 0.313 e. The Bertz CT molecular complexity index is 1790. The van der Waals surface area contributed by atoms with Crippen LogP contribution in [0.2, 0.25) is 0 Å². The lowest BCUT2D eigenvalue weighted by Crippen LogP contribution is -2.61. The fraction of sp³-hybridized carbons (Fsp3) is 0.667. The van der Waals surface area contributed by atoms with Crippen LogP contribution in [0.4, 0.5) is 0 Å². The molecule has 66 heavy (non-hydrogen) atoms. The van der Waals surface area contributed by atoms with Gasteiger partial charge in [-0.2, -0.15) is 0 Å². The second-order valence-corrected chi connectivity index (χ2v) is 17.7. The lowest BCUT2D eigenvalue weighted by molar-refractivity contribution is -0.308. The molecule has 2 fully saturated rings. The minimum absolute atomic E-state index is 0.138. The summed E-state index contributed by atoms with van der Waals surface area (Å²) >= 11 is 0. The number of nitrogens with two attached hydrogens (primary N) is 1. The predicted octanol–water partition coefficient (Wildman–Crippen LogP) is 0.800. The molecular formula is C48H75NO17. The van der Waals surface area contributed by atoms with Gasteiger partial charge in [0.25, 0.3) is 0 Å². The van der Waals surface area contributed by atoms with Gasteiger partial charge in [-0.15, -0.1) is 0 Å². The molecule has 0 saturated carbocycles. The number of allylic oxidation sites excluding steroid dienone is 12. The second-order valence-electron chi connectivity index (χ2n) is 17.7. The molecule has 0 aliphatic carbocycles. The summed E-state index contributed by atoms with van der Waals surface area (Å²) in [7, 11) is -3.24. The monoisotopic (exact) mass is 941 g/mol. The first-order chi connectivity index (χ1) is 32.3. The molecule has 374 valence electrons. The zero-order chi connectivity index (χ0) is 51.6. The van der Waals surface area contributed by atoms with Crippen LogP contribution >= 0.6 is 0 Å². The summed E-state index contributed by atoms with van der Waals surface area (Å²) in [5.41, 5.74) is 6.04. The molecule has 12 N–H and O–H groups in total. The lowest BCUT2D eigenvalue weighted by Gasteiger charge is -2.45. The highest BCUT2D eigenvalue weighted by Crippen LogP contribution is 2.38. The topological polar surface area (TPSA) is 309 Å². The molecule has 3 aliphatic heterocycles. The SMILES string of the molecule is [2H]C([2H])([2H])OC(=O)[C@H]1[C@@H]2C[C@@H](OC3O[C@H](C)C(O)[C@H](N)[C@@H]3O)C=CC=CC=CC=CC=CC=CC=C[C@H](C)[C@@H](O)[C@@H](C)[C@H](C)OC(=O)C[C@H](O)C[C@H](O)CC[C@@H](O)[C@H](O)C[C@H](O)C[C@](O)(C[C@@H]1O)O2. The molecule has 3 rings (SSSR count). The summed E-state index contributed by atoms with van der Waals surface area (Å²) in [5.74, 6) is -7.09. The molecular weight excluding hydrogens is 863 g/mol. The number of hydrogen-bond acceptors (Lipinski definition) is 18. The van der Waals surface area contributed by atoms with Crippen LogP contribution in [0, 0.1) is 17.8 Å². The number of hydrogen-bond donors (Lipinski definition) is 11. The van der Waals surface area contributed by atoms with E-state index in [0.717, 1.165) is 0 Å². The van der Waals surface area contributed by atoms with Gasteiger partial charge >= 0.3 is 11.9 Å². The molecule has 0 amide bonds. The number of aliphatic hydroxyl groups excluding tert-OH is 9. The van der Waals surface area contributed by atoms with Gasteiger partial charge < -0.3 is 80.5 Å². The highest BCUT2D eigenvalue weighted by molar-refractivity contribution is 5.74. The molecule has 19 atom stereocenters. The summed E-state index contributed by atoms with van der Waals surface area (Å²) in [6.45, 7) is 6.69. The zero-order valence-corrected chi connectivity index (χ0v) is 38.0. The number of methoxy groups -OCH3 is 1. The maximum atomic E-state index is 13.3. The van der Waals surface area contributed by atoms with E-state index in [4.69, 9.17) is 28.8 Å². The van der Waals surface area contributed by atoms with Gasteiger partial charge in [0, 0.05) is 37.5 Å². The number of carbonyl (C=O) groups excluding carboxylic acids is 2. The fourth-order valence-electron chi connectivity index (χ4n) is 8.02. The second kappa shape index (κ2) is 28.1. The van der Waals surface area contributed by atoms with E-state index in [1.165, 1.54) is 19.1 Å². The third kappa shape index (κ3) is 18.6. The molecule has 18 nitrogen and oxygen atoms in total. The Morgan fingerprint density at radius 1 is 0.697 bits per heavy atom. The Morgan fingerprint density at radius 2 is 1.29 bits per heavy atom. The summed E-state index contributed by atoms with van der Waals surface area (Å²) in [4.78, 5) is 26.0. The molecule has 2 bridgehead atoms. The van der Waals surface area contributed by atoms with E-state index in [1.807, 2.05) is 13.0 Å². The van der Waals surface area contributed by atoms with Crippen LogP contribution in [0.1, 0.15) is 83.2 Å². The number of rotatable bonds is 3. The van der Waals surface area contributed by atoms with Gasteiger partial charge in [0.15, 0.2) is 12.1 Å². The van der Waals surface area contributed by atoms with Crippen molar-refractivity contribution < 1.29 is 88.5 Å². The standard InChI is InChI=1S/C48H75NO17/c1-28-18-16-14-12-10-8-6-7-9-11-13-15-17-19-35(65-47-45(59)42(49)44(58)31(4)64-47)25-39-41(46(60)62-5)38(55)27-48(61,66-39)26-34(52)23-37(54)36(53)21-20-32(50)22-33(51)24-40(56)63-30(3)29(2)43(28)57/h6-19,28-39,41-45,47,50-55,57-59,61H,20-27,49H2,1-5H3/t28-,29-,30-,31+,32+,33+,34-,35-,36+,37+,38-,39-,41+,42-,43+,44?,45-,47?,48+/m0/s1/i5D3. The van der Waals surface area contributed by atoms with Crippen molar-refractivity contribution in [2.75, 3.05) is 7.04 Å². The van der Waals surface area contributed by atoms with Gasteiger partial charge in [0.2, 0.25) is 0 Å². The number of ether oxygens (including phenoxy) is 5. The highest BCUT2D eigenvalue weighted by atomic mass is 16.7. The maximum absolute atomic E-state index is 13.3. The first-order valence-electron chi connectivity index (χ1n) is 24.0. The zero-order valence-electron chi connectivity index (χ0n) is 41.0. The van der Waals surface area contributed by atoms with Gasteiger partial charge in [-0.1, -0.05) is 98.9 Å². The van der Waals surface area contributed by atoms with Gasteiger partial charge in [-0.25, -0.2) is 0 Å². The van der Waals surface area contributed by atoms with Crippen molar-refractivity contribution in [2.24, 2.45) is 23.5 Å². The van der Waals surface area contributed by atoms with Gasteiger partial charge in [0.05, 0.1) is 90.8 Å². The van der Waals surface area contributed by atoms with Crippen molar-refractivity contribution in [2.45, 2.75) is 177 Å². The fourth-order valence-corrected chi connectivity index (χ4v) is 8.02. The molecule has 2 saturated heterocycles. The van der Waals surface area contributed by atoms with Gasteiger partial charge in [0.1, 0.15) is 18.1 Å². The van der Waals surface area contributed by atoms with Crippen molar-refractivity contribution in [3.63, 3.8) is 0 Å². The number of esters is 2. The lowest BCUT2D eigenvalue weighted by atomic mass is 9.82. The Hall–Kier alpha value is -3.44. The van der Waals surface area contributed by atoms with Crippen LogP contribution in [0.25, 0.3) is 0 Å². The van der Waals surface area contributed by atoms with E-state index in [1.54, 1.807) is 80.7 Å². The molecule has 0 radical (unpaired) electrons. The van der Waals surface area contributed by atoms with Crippen LogP contribution in [0.15, 0.2) is 85.1 Å². The Morgan fingerprint density at radius 3 is 1.89 bits per heavy atom. The third-order valence-corrected chi connectivity index (χ3v) is 12.1. The predicted molar refractivity (Wildman–Crippen MR) is 241 cm³/mol. The normalized spacial score (nSPS) is 42.4. The molecule has 0 aromatic carbocycles. The number of carbonyl (C=O) groups is 2. The van der Waals surface area contributed by atoms with E-state index in [0.29, 0.717) is 0 Å². The average molecular weight is 941 g/mol. The first-order valence-corrected chi connectivity index (χ1v) is 22.5. The molecule has 18 heteroatoms. The number of fused-ring (bicyclic) bond motifs is 2. The summed E-state index contributed by atoms with van der Waals surface area (Å²) in [5, 5.41) is 109. The molecule has 0 aromatic rings. The largest absolute Gasteiger partial charge is 0.469 e. The molecule has 0 spiro atoms. The van der Waals surface area contributed by atoms with Crippen LogP contribution < -0.4 is 5.73 Å². The minimum Gasteiger partial charge on any atom is -0.469 e. The van der Waals surface area contributed by atoms with Crippen LogP contribution in [0.3, 0.4) is 0 Å². The van der Waals surface area contributed by atoms with Crippen LogP contribution in [-0.4, -0.2) is 168 Å². The highest BCUT2D eigenvalue weighted by Gasteiger charge is 2.51. The van der Waals surface area contributed by atoms with E-state index >= 15 is 0 Å². The van der Waals surface area contributed by atoms with E-state index < -0.39 is 160 Å². The Kier molecular flexibility index (Phi) is 22.2. The van der Waals surface area contributed by atoms with E-state index in [-0.39, 0.29) is 25.2 Å². The van der Waals surface area contributed by atoms with Crippen molar-refractivity contribution in [1.82, 2.24) is 0 Å². The van der Waals surface area contributed by atoms with Gasteiger partial charge in [-0.3, -0.25) is 9.59 Å². The van der Waals surface area contributed by atoms with Crippen LogP contribution in [0.5, 0.6) is 0 Å². The van der Waals surface area contributed by atoms with E-state index in [9.17, 15) is 60.7 Å². The van der Waals surface area contributed by atoms with Crippen molar-refractivity contribution in [3.05, 3.63) is 85.1 Å². The third-order valence-electron chi connectivity index (χ3n) is 12.1. The van der Waals surface area contributed by atoms with E-state index in [2.05, 4.69) is 4.74 Å². The number of cyclic esters (lactones) is 1. The van der Waals surface area contributed by atoms with Crippen molar-refractivity contribution >= 4 is 11.9 Å². The smallest absolute Gasteiger partial charge is 0.313 e. The quantitative estimate of drug-likeness (QED) is 0.174. The summed E-state index contributed by atoms with van der Waals surface area (Å²) in [6, 6.07) is -1.20. The molecule has 3 aliphatic rings. The molecule has 2 unspecified atom stereocenters. The first kappa shape index (κ1) is 51.9. The minimum atomic E-state index is -3.24. The van der Waals surface area contributed by atoms with Crippen molar-refractivity contribution in [1.29, 1.82) is 0 Å². The Labute approximate surface area is 391 Å².